The number of hydrogen-bond acceptors (Lipinski definition) is 7. The lowest BCUT2D eigenvalue weighted by Crippen LogP contribution is -2.15. The summed E-state index contributed by atoms with van der Waals surface area (Å²) in [6.07, 6.45) is 2.86. The smallest absolute Gasteiger partial charge is 0.275 e. The van der Waals surface area contributed by atoms with Crippen molar-refractivity contribution in [1.29, 1.82) is 0 Å². The molecular weight excluding hydrogens is 360 g/mol. The van der Waals surface area contributed by atoms with Crippen LogP contribution in [-0.2, 0) is 0 Å². The number of carbonyl (C=O) groups is 1. The second-order valence-electron chi connectivity index (χ2n) is 5.63. The van der Waals surface area contributed by atoms with Crippen LogP contribution in [0.1, 0.15) is 10.5 Å². The highest BCUT2D eigenvalue weighted by Crippen LogP contribution is 2.29. The minimum absolute atomic E-state index is 0.162. The average Bonchev–Trinajstić information content (AvgIpc) is 2.74. The Labute approximate surface area is 162 Å². The van der Waals surface area contributed by atoms with Gasteiger partial charge < -0.3 is 24.8 Å². The number of amides is 1. The number of ether oxygens (including phenoxy) is 3. The maximum atomic E-state index is 12.5. The van der Waals surface area contributed by atoms with E-state index in [-0.39, 0.29) is 5.69 Å². The molecule has 1 aromatic heterocycles. The fraction of sp³-hybridized carbons (Fsp3) is 0.150. The molecule has 0 fully saturated rings. The molecule has 144 valence electrons. The van der Waals surface area contributed by atoms with E-state index in [4.69, 9.17) is 14.2 Å². The van der Waals surface area contributed by atoms with Crippen molar-refractivity contribution in [3.8, 4) is 17.2 Å². The first-order valence-corrected chi connectivity index (χ1v) is 8.40. The largest absolute Gasteiger partial charge is 0.497 e. The van der Waals surface area contributed by atoms with Crippen LogP contribution < -0.4 is 24.8 Å². The number of nitrogens with zero attached hydrogens (tertiary/aromatic N) is 2. The monoisotopic (exact) mass is 380 g/mol. The Balaban J connectivity index is 1.74. The molecule has 3 rings (SSSR count). The third kappa shape index (κ3) is 4.29. The Kier molecular flexibility index (Phi) is 5.91. The van der Waals surface area contributed by atoms with E-state index in [0.29, 0.717) is 28.8 Å². The number of hydrogen-bond donors (Lipinski definition) is 2. The van der Waals surface area contributed by atoms with Crippen LogP contribution in [-0.4, -0.2) is 37.2 Å². The van der Waals surface area contributed by atoms with Crippen LogP contribution in [0.15, 0.2) is 54.9 Å². The number of carbonyl (C=O) groups excluding carboxylic acids is 1. The molecule has 8 heteroatoms. The van der Waals surface area contributed by atoms with Crippen molar-refractivity contribution in [2.24, 2.45) is 0 Å². The van der Waals surface area contributed by atoms with E-state index in [1.54, 1.807) is 32.4 Å². The third-order valence-electron chi connectivity index (χ3n) is 3.91. The van der Waals surface area contributed by atoms with Crippen LogP contribution in [0.25, 0.3) is 0 Å². The number of para-hydroxylation sites is 2. The van der Waals surface area contributed by atoms with Gasteiger partial charge >= 0.3 is 0 Å². The van der Waals surface area contributed by atoms with Gasteiger partial charge in [0, 0.05) is 6.07 Å². The Morgan fingerprint density at radius 3 is 2.29 bits per heavy atom. The molecular formula is C20H20N4O4. The molecule has 0 saturated heterocycles. The number of methoxy groups -OCH3 is 3. The SMILES string of the molecule is COc1ccc(OC)c(NC(=O)c2cnc(Nc3ccccc3OC)cn2)c1. The highest BCUT2D eigenvalue weighted by atomic mass is 16.5. The van der Waals surface area contributed by atoms with Crippen molar-refractivity contribution in [2.45, 2.75) is 0 Å². The van der Waals surface area contributed by atoms with E-state index in [1.165, 1.54) is 19.5 Å². The molecule has 0 aliphatic carbocycles. The maximum Gasteiger partial charge on any atom is 0.275 e. The van der Waals surface area contributed by atoms with Crippen molar-refractivity contribution < 1.29 is 19.0 Å². The van der Waals surface area contributed by atoms with Gasteiger partial charge in [0.2, 0.25) is 0 Å². The standard InChI is InChI=1S/C20H20N4O4/c1-26-13-8-9-18(28-3)15(10-13)24-20(25)16-11-22-19(12-21-16)23-14-6-4-5-7-17(14)27-2/h4-12H,1-3H3,(H,22,23)(H,24,25). The molecule has 0 atom stereocenters. The van der Waals surface area contributed by atoms with Gasteiger partial charge in [0.15, 0.2) is 0 Å². The lowest BCUT2D eigenvalue weighted by Gasteiger charge is -2.12. The Morgan fingerprint density at radius 2 is 1.61 bits per heavy atom. The molecule has 1 heterocycles. The van der Waals surface area contributed by atoms with Crippen LogP contribution in [0.2, 0.25) is 0 Å². The van der Waals surface area contributed by atoms with E-state index >= 15 is 0 Å². The molecule has 0 bridgehead atoms. The van der Waals surface area contributed by atoms with Crippen LogP contribution in [0, 0.1) is 0 Å². The quantitative estimate of drug-likeness (QED) is 0.648. The summed E-state index contributed by atoms with van der Waals surface area (Å²) in [4.78, 5) is 20.9. The van der Waals surface area contributed by atoms with E-state index in [0.717, 1.165) is 5.69 Å². The van der Waals surface area contributed by atoms with Crippen molar-refractivity contribution in [3.05, 3.63) is 60.6 Å². The fourth-order valence-corrected chi connectivity index (χ4v) is 2.49. The number of anilines is 3. The number of benzene rings is 2. The van der Waals surface area contributed by atoms with Crippen LogP contribution in [0.3, 0.4) is 0 Å². The van der Waals surface area contributed by atoms with Gasteiger partial charge in [-0.2, -0.15) is 0 Å². The third-order valence-corrected chi connectivity index (χ3v) is 3.91. The summed E-state index contributed by atoms with van der Waals surface area (Å²) in [5.41, 5.74) is 1.39. The number of nitrogens with one attached hydrogen (secondary N) is 2. The summed E-state index contributed by atoms with van der Waals surface area (Å²) in [6, 6.07) is 12.6. The molecule has 0 radical (unpaired) electrons. The van der Waals surface area contributed by atoms with Crippen LogP contribution in [0.5, 0.6) is 17.2 Å². The normalized spacial score (nSPS) is 10.1. The van der Waals surface area contributed by atoms with E-state index < -0.39 is 5.91 Å². The predicted molar refractivity (Wildman–Crippen MR) is 106 cm³/mol. The minimum Gasteiger partial charge on any atom is -0.497 e. The molecule has 2 aromatic carbocycles. The molecule has 1 amide bonds. The number of aromatic nitrogens is 2. The summed E-state index contributed by atoms with van der Waals surface area (Å²) in [7, 11) is 4.66. The van der Waals surface area contributed by atoms with Gasteiger partial charge in [-0.25, -0.2) is 9.97 Å². The van der Waals surface area contributed by atoms with Gasteiger partial charge in [0.25, 0.3) is 5.91 Å². The summed E-state index contributed by atoms with van der Waals surface area (Å²) in [5.74, 6) is 1.86. The van der Waals surface area contributed by atoms with Gasteiger partial charge in [-0.05, 0) is 24.3 Å². The molecule has 0 aliphatic rings. The van der Waals surface area contributed by atoms with Gasteiger partial charge in [-0.3, -0.25) is 4.79 Å². The summed E-state index contributed by atoms with van der Waals surface area (Å²) in [6.45, 7) is 0. The van der Waals surface area contributed by atoms with Crippen molar-refractivity contribution in [2.75, 3.05) is 32.0 Å². The Morgan fingerprint density at radius 1 is 0.857 bits per heavy atom. The zero-order valence-corrected chi connectivity index (χ0v) is 15.7. The summed E-state index contributed by atoms with van der Waals surface area (Å²) >= 11 is 0. The summed E-state index contributed by atoms with van der Waals surface area (Å²) < 4.78 is 15.7. The number of rotatable bonds is 7. The van der Waals surface area contributed by atoms with Gasteiger partial charge in [0.05, 0.1) is 45.1 Å². The molecule has 28 heavy (non-hydrogen) atoms. The molecule has 8 nitrogen and oxygen atoms in total. The molecule has 0 saturated carbocycles. The predicted octanol–water partition coefficient (Wildman–Crippen LogP) is 3.50. The highest BCUT2D eigenvalue weighted by molar-refractivity contribution is 6.03. The van der Waals surface area contributed by atoms with Crippen LogP contribution >= 0.6 is 0 Å². The first-order chi connectivity index (χ1) is 13.6. The molecule has 0 unspecified atom stereocenters. The van der Waals surface area contributed by atoms with Crippen LogP contribution in [0.4, 0.5) is 17.2 Å². The summed E-state index contributed by atoms with van der Waals surface area (Å²) in [5, 5.41) is 5.86. The van der Waals surface area contributed by atoms with Crippen molar-refractivity contribution >= 4 is 23.1 Å². The minimum atomic E-state index is -0.414. The van der Waals surface area contributed by atoms with E-state index in [1.807, 2.05) is 24.3 Å². The van der Waals surface area contributed by atoms with Crippen molar-refractivity contribution in [3.63, 3.8) is 0 Å². The lowest BCUT2D eigenvalue weighted by atomic mass is 10.2. The first-order valence-electron chi connectivity index (χ1n) is 8.40. The molecule has 0 spiro atoms. The Bertz CT molecular complexity index is 961. The van der Waals surface area contributed by atoms with Crippen molar-refractivity contribution in [1.82, 2.24) is 9.97 Å². The first kappa shape index (κ1) is 19.0. The Hall–Kier alpha value is -3.81. The van der Waals surface area contributed by atoms with Gasteiger partial charge in [0.1, 0.15) is 28.8 Å². The second-order valence-corrected chi connectivity index (χ2v) is 5.63. The van der Waals surface area contributed by atoms with E-state index in [2.05, 4.69) is 20.6 Å². The topological polar surface area (TPSA) is 94.6 Å². The molecule has 2 N–H and O–H groups in total. The zero-order valence-electron chi connectivity index (χ0n) is 15.7. The van der Waals surface area contributed by atoms with E-state index in [9.17, 15) is 4.79 Å². The fourth-order valence-electron chi connectivity index (χ4n) is 2.49. The van der Waals surface area contributed by atoms with Gasteiger partial charge in [-0.1, -0.05) is 12.1 Å². The molecule has 3 aromatic rings. The average molecular weight is 380 g/mol. The zero-order chi connectivity index (χ0) is 19.9. The van der Waals surface area contributed by atoms with Gasteiger partial charge in [-0.15, -0.1) is 0 Å². The highest BCUT2D eigenvalue weighted by Gasteiger charge is 2.13. The maximum absolute atomic E-state index is 12.5. The second kappa shape index (κ2) is 8.72. The molecule has 0 aliphatic heterocycles. The lowest BCUT2D eigenvalue weighted by molar-refractivity contribution is 0.102.